The molecule has 0 saturated carbocycles. The van der Waals surface area contributed by atoms with E-state index in [-0.39, 0.29) is 16.9 Å². The van der Waals surface area contributed by atoms with Crippen molar-refractivity contribution < 1.29 is 14.9 Å². The van der Waals surface area contributed by atoms with Gasteiger partial charge in [0, 0.05) is 12.6 Å². The lowest BCUT2D eigenvalue weighted by molar-refractivity contribution is 0.452. The van der Waals surface area contributed by atoms with Crippen LogP contribution in [0, 0.1) is 0 Å². The lowest BCUT2D eigenvalue weighted by atomic mass is 9.87. The molecule has 0 amide bonds. The summed E-state index contributed by atoms with van der Waals surface area (Å²) >= 11 is 0. The number of rotatable bonds is 5. The van der Waals surface area contributed by atoms with Gasteiger partial charge in [-0.1, -0.05) is 45.0 Å². The lowest BCUT2D eigenvalue weighted by Gasteiger charge is -2.19. The largest absolute Gasteiger partial charge is 0.508 e. The normalized spacial score (nSPS) is 11.2. The molecule has 4 nitrogen and oxygen atoms in total. The molecule has 0 aliphatic carbocycles. The first-order valence-electron chi connectivity index (χ1n) is 8.94. The van der Waals surface area contributed by atoms with Gasteiger partial charge in [0.1, 0.15) is 23.0 Å². The summed E-state index contributed by atoms with van der Waals surface area (Å²) in [6.45, 7) is 7.08. The van der Waals surface area contributed by atoms with Gasteiger partial charge in [-0.2, -0.15) is 0 Å². The van der Waals surface area contributed by atoms with Crippen LogP contribution in [0.1, 0.15) is 31.9 Å². The highest BCUT2D eigenvalue weighted by Crippen LogP contribution is 2.29. The molecule has 0 aromatic heterocycles. The topological polar surface area (TPSA) is 61.7 Å². The summed E-state index contributed by atoms with van der Waals surface area (Å²) in [4.78, 5) is 0. The average molecular weight is 363 g/mol. The van der Waals surface area contributed by atoms with Crippen LogP contribution in [0.2, 0.25) is 0 Å². The van der Waals surface area contributed by atoms with Gasteiger partial charge in [0.05, 0.1) is 5.69 Å². The fourth-order valence-electron chi connectivity index (χ4n) is 2.74. The minimum Gasteiger partial charge on any atom is -0.508 e. The van der Waals surface area contributed by atoms with Crippen LogP contribution < -0.4 is 10.1 Å². The van der Waals surface area contributed by atoms with Crippen LogP contribution in [0.5, 0.6) is 23.0 Å². The molecule has 0 radical (unpaired) electrons. The first-order valence-corrected chi connectivity index (χ1v) is 8.94. The van der Waals surface area contributed by atoms with E-state index in [0.29, 0.717) is 12.2 Å². The van der Waals surface area contributed by atoms with Crippen LogP contribution in [0.25, 0.3) is 0 Å². The number of hydrogen-bond acceptors (Lipinski definition) is 4. The number of ether oxygens (including phenoxy) is 1. The number of nitrogens with one attached hydrogen (secondary N) is 1. The highest BCUT2D eigenvalue weighted by molar-refractivity contribution is 5.58. The van der Waals surface area contributed by atoms with Gasteiger partial charge in [-0.3, -0.25) is 0 Å². The van der Waals surface area contributed by atoms with Crippen LogP contribution in [-0.2, 0) is 12.0 Å². The van der Waals surface area contributed by atoms with Gasteiger partial charge in [-0.25, -0.2) is 0 Å². The van der Waals surface area contributed by atoms with Gasteiger partial charge in [0.2, 0.25) is 0 Å². The van der Waals surface area contributed by atoms with Gasteiger partial charge in [-0.15, -0.1) is 0 Å². The summed E-state index contributed by atoms with van der Waals surface area (Å²) in [5, 5.41) is 22.4. The fraction of sp³-hybridized carbons (Fsp3) is 0.217. The molecule has 0 saturated heterocycles. The zero-order valence-corrected chi connectivity index (χ0v) is 15.9. The van der Waals surface area contributed by atoms with Crippen molar-refractivity contribution in [3.05, 3.63) is 77.9 Å². The monoisotopic (exact) mass is 363 g/mol. The van der Waals surface area contributed by atoms with Crippen LogP contribution in [-0.4, -0.2) is 10.2 Å². The molecule has 0 aliphatic heterocycles. The molecular formula is C23H25NO3. The summed E-state index contributed by atoms with van der Waals surface area (Å²) in [5.74, 6) is 1.60. The second-order valence-corrected chi connectivity index (χ2v) is 7.58. The Morgan fingerprint density at radius 3 is 2.26 bits per heavy atom. The molecule has 0 bridgehead atoms. The smallest absolute Gasteiger partial charge is 0.142 e. The SMILES string of the molecule is CC(C)(C)c1ccc(Oc2cccc(CNc3ccc(O)cc3O)c2)cc1. The van der Waals surface area contributed by atoms with Gasteiger partial charge in [0.25, 0.3) is 0 Å². The van der Waals surface area contributed by atoms with E-state index in [4.69, 9.17) is 4.74 Å². The van der Waals surface area contributed by atoms with Crippen LogP contribution in [0.3, 0.4) is 0 Å². The van der Waals surface area contributed by atoms with Gasteiger partial charge in [-0.05, 0) is 52.9 Å². The predicted molar refractivity (Wildman–Crippen MR) is 109 cm³/mol. The van der Waals surface area contributed by atoms with Gasteiger partial charge < -0.3 is 20.3 Å². The second kappa shape index (κ2) is 7.62. The lowest BCUT2D eigenvalue weighted by Crippen LogP contribution is -2.10. The van der Waals surface area contributed by atoms with E-state index >= 15 is 0 Å². The molecule has 3 aromatic rings. The molecule has 3 N–H and O–H groups in total. The van der Waals surface area contributed by atoms with Crippen molar-refractivity contribution in [2.75, 3.05) is 5.32 Å². The average Bonchev–Trinajstić information content (AvgIpc) is 2.61. The third kappa shape index (κ3) is 4.94. The Morgan fingerprint density at radius 2 is 1.59 bits per heavy atom. The zero-order valence-electron chi connectivity index (χ0n) is 15.9. The molecule has 0 fully saturated rings. The molecule has 0 spiro atoms. The van der Waals surface area contributed by atoms with E-state index in [1.165, 1.54) is 17.7 Å². The van der Waals surface area contributed by atoms with E-state index in [0.717, 1.165) is 17.1 Å². The van der Waals surface area contributed by atoms with E-state index in [1.807, 2.05) is 36.4 Å². The third-order valence-electron chi connectivity index (χ3n) is 4.32. The Balaban J connectivity index is 1.66. The van der Waals surface area contributed by atoms with Gasteiger partial charge >= 0.3 is 0 Å². The number of anilines is 1. The van der Waals surface area contributed by atoms with Crippen molar-refractivity contribution in [2.24, 2.45) is 0 Å². The molecule has 0 atom stereocenters. The summed E-state index contributed by atoms with van der Waals surface area (Å²) in [7, 11) is 0. The Bertz CT molecular complexity index is 912. The Kier molecular flexibility index (Phi) is 5.26. The van der Waals surface area contributed by atoms with Crippen LogP contribution in [0.4, 0.5) is 5.69 Å². The minimum absolute atomic E-state index is 0.0151. The molecule has 4 heteroatoms. The van der Waals surface area contributed by atoms with Crippen molar-refractivity contribution in [1.29, 1.82) is 0 Å². The summed E-state index contributed by atoms with van der Waals surface area (Å²) in [6, 6.07) is 20.4. The first kappa shape index (κ1) is 18.6. The molecule has 0 heterocycles. The predicted octanol–water partition coefficient (Wildman–Crippen LogP) is 5.80. The first-order chi connectivity index (χ1) is 12.8. The van der Waals surface area contributed by atoms with Crippen molar-refractivity contribution >= 4 is 5.69 Å². The van der Waals surface area contributed by atoms with Crippen molar-refractivity contribution in [1.82, 2.24) is 0 Å². The molecule has 0 aliphatic rings. The molecule has 140 valence electrons. The molecule has 0 unspecified atom stereocenters. The minimum atomic E-state index is 0.0151. The number of phenols is 2. The number of hydrogen-bond donors (Lipinski definition) is 3. The molecular weight excluding hydrogens is 338 g/mol. The standard InChI is InChI=1S/C23H25NO3/c1-23(2,3)17-7-10-19(11-8-17)27-20-6-4-5-16(13-20)15-24-21-12-9-18(25)14-22(21)26/h4-14,24-26H,15H2,1-3H3. The quantitative estimate of drug-likeness (QED) is 0.396. The van der Waals surface area contributed by atoms with Crippen molar-refractivity contribution in [3.8, 4) is 23.0 Å². The maximum atomic E-state index is 9.85. The highest BCUT2D eigenvalue weighted by atomic mass is 16.5. The summed E-state index contributed by atoms with van der Waals surface area (Å²) in [6.07, 6.45) is 0. The Labute approximate surface area is 160 Å². The second-order valence-electron chi connectivity index (χ2n) is 7.58. The fourth-order valence-corrected chi connectivity index (χ4v) is 2.74. The highest BCUT2D eigenvalue weighted by Gasteiger charge is 2.13. The van der Waals surface area contributed by atoms with Crippen LogP contribution in [0.15, 0.2) is 66.7 Å². The van der Waals surface area contributed by atoms with E-state index in [2.05, 4.69) is 38.2 Å². The number of benzene rings is 3. The zero-order chi connectivity index (χ0) is 19.4. The number of aromatic hydroxyl groups is 2. The van der Waals surface area contributed by atoms with E-state index < -0.39 is 0 Å². The maximum Gasteiger partial charge on any atom is 0.142 e. The van der Waals surface area contributed by atoms with E-state index in [1.54, 1.807) is 6.07 Å². The molecule has 3 aromatic carbocycles. The molecule has 27 heavy (non-hydrogen) atoms. The maximum absolute atomic E-state index is 9.85. The van der Waals surface area contributed by atoms with Crippen molar-refractivity contribution in [2.45, 2.75) is 32.7 Å². The van der Waals surface area contributed by atoms with Crippen LogP contribution >= 0.6 is 0 Å². The van der Waals surface area contributed by atoms with E-state index in [9.17, 15) is 10.2 Å². The summed E-state index contributed by atoms with van der Waals surface area (Å²) < 4.78 is 5.97. The van der Waals surface area contributed by atoms with Gasteiger partial charge in [0.15, 0.2) is 0 Å². The summed E-state index contributed by atoms with van der Waals surface area (Å²) in [5.41, 5.74) is 2.97. The molecule has 3 rings (SSSR count). The Hall–Kier alpha value is -3.14. The number of phenolic OH excluding ortho intramolecular Hbond substituents is 2. The Morgan fingerprint density at radius 1 is 0.852 bits per heavy atom. The van der Waals surface area contributed by atoms with Crippen molar-refractivity contribution in [3.63, 3.8) is 0 Å². The third-order valence-corrected chi connectivity index (χ3v) is 4.32.